The minimum atomic E-state index is 0. The lowest BCUT2D eigenvalue weighted by molar-refractivity contribution is 0.0992. The van der Waals surface area contributed by atoms with E-state index in [2.05, 4.69) is 43.7 Å². The average Bonchev–Trinajstić information content (AvgIpc) is 3.11. The quantitative estimate of drug-likeness (QED) is 0.404. The molecule has 3 unspecified atom stereocenters. The van der Waals surface area contributed by atoms with Gasteiger partial charge in [0.1, 0.15) is 0 Å². The van der Waals surface area contributed by atoms with Gasteiger partial charge in [-0.15, -0.1) is 35.3 Å². The van der Waals surface area contributed by atoms with Crippen LogP contribution in [0.3, 0.4) is 0 Å². The van der Waals surface area contributed by atoms with Crippen LogP contribution >= 0.6 is 51.2 Å². The van der Waals surface area contributed by atoms with Gasteiger partial charge in [-0.3, -0.25) is 4.99 Å². The Kier molecular flexibility index (Phi) is 6.12. The SMILES string of the molecule is CN=C(NCc1ccc(Br)s1)NC1CC2CCC1O2.I. The standard InChI is InChI=1S/C13H18BrN3OS.HI/c1-15-13(16-7-9-3-5-12(14)19-9)17-10-6-8-2-4-11(10)18-8;/h3,5,8,10-11H,2,4,6-7H2,1H3,(H2,15,16,17);1H. The van der Waals surface area contributed by atoms with E-state index in [1.54, 1.807) is 11.3 Å². The molecule has 2 aliphatic heterocycles. The number of nitrogens with one attached hydrogen (secondary N) is 2. The van der Waals surface area contributed by atoms with E-state index in [-0.39, 0.29) is 24.0 Å². The van der Waals surface area contributed by atoms with E-state index in [1.807, 2.05) is 7.05 Å². The first kappa shape index (κ1) is 16.5. The van der Waals surface area contributed by atoms with Crippen LogP contribution in [0.5, 0.6) is 0 Å². The highest BCUT2D eigenvalue weighted by molar-refractivity contribution is 14.0. The Bertz CT molecular complexity index is 482. The van der Waals surface area contributed by atoms with Crippen molar-refractivity contribution < 1.29 is 4.74 Å². The molecule has 2 N–H and O–H groups in total. The number of hydrogen-bond acceptors (Lipinski definition) is 3. The van der Waals surface area contributed by atoms with Crippen LogP contribution in [-0.2, 0) is 11.3 Å². The molecule has 3 rings (SSSR count). The molecule has 0 spiro atoms. The molecule has 3 atom stereocenters. The zero-order valence-electron chi connectivity index (χ0n) is 11.3. The average molecular weight is 472 g/mol. The van der Waals surface area contributed by atoms with Gasteiger partial charge < -0.3 is 15.4 Å². The maximum Gasteiger partial charge on any atom is 0.191 e. The maximum atomic E-state index is 5.85. The summed E-state index contributed by atoms with van der Waals surface area (Å²) in [4.78, 5) is 5.58. The molecule has 0 saturated carbocycles. The van der Waals surface area contributed by atoms with E-state index in [0.717, 1.165) is 22.7 Å². The molecule has 112 valence electrons. The zero-order valence-corrected chi connectivity index (χ0v) is 16.0. The predicted octanol–water partition coefficient (Wildman–Crippen LogP) is 3.11. The van der Waals surface area contributed by atoms with Crippen LogP contribution in [0.4, 0.5) is 0 Å². The first-order valence-electron chi connectivity index (χ1n) is 6.61. The van der Waals surface area contributed by atoms with E-state index >= 15 is 0 Å². The first-order chi connectivity index (χ1) is 9.24. The van der Waals surface area contributed by atoms with Crippen LogP contribution in [0.15, 0.2) is 20.9 Å². The first-order valence-corrected chi connectivity index (χ1v) is 8.22. The fourth-order valence-electron chi connectivity index (χ4n) is 2.78. The van der Waals surface area contributed by atoms with Gasteiger partial charge in [-0.25, -0.2) is 0 Å². The molecule has 2 saturated heterocycles. The molecule has 7 heteroatoms. The smallest absolute Gasteiger partial charge is 0.191 e. The monoisotopic (exact) mass is 471 g/mol. The lowest BCUT2D eigenvalue weighted by Crippen LogP contribution is -2.47. The van der Waals surface area contributed by atoms with E-state index in [9.17, 15) is 0 Å². The van der Waals surface area contributed by atoms with E-state index < -0.39 is 0 Å². The second kappa shape index (κ2) is 7.42. The minimum Gasteiger partial charge on any atom is -0.373 e. The molecule has 2 aliphatic rings. The summed E-state index contributed by atoms with van der Waals surface area (Å²) in [6.45, 7) is 0.803. The van der Waals surface area contributed by atoms with Crippen molar-refractivity contribution in [2.75, 3.05) is 7.05 Å². The topological polar surface area (TPSA) is 45.7 Å². The van der Waals surface area contributed by atoms with Gasteiger partial charge in [-0.05, 0) is 47.3 Å². The third-order valence-electron chi connectivity index (χ3n) is 3.71. The molecule has 0 aromatic carbocycles. The van der Waals surface area contributed by atoms with Gasteiger partial charge in [-0.2, -0.15) is 0 Å². The summed E-state index contributed by atoms with van der Waals surface area (Å²) in [6.07, 6.45) is 4.35. The number of fused-ring (bicyclic) bond motifs is 2. The van der Waals surface area contributed by atoms with Gasteiger partial charge in [0.25, 0.3) is 0 Å². The highest BCUT2D eigenvalue weighted by Crippen LogP contribution is 2.34. The summed E-state index contributed by atoms with van der Waals surface area (Å²) in [6, 6.07) is 4.61. The van der Waals surface area contributed by atoms with Gasteiger partial charge in [0, 0.05) is 11.9 Å². The molecule has 3 heterocycles. The number of hydrogen-bond donors (Lipinski definition) is 2. The summed E-state index contributed by atoms with van der Waals surface area (Å²) in [5.41, 5.74) is 0. The summed E-state index contributed by atoms with van der Waals surface area (Å²) in [7, 11) is 1.81. The van der Waals surface area contributed by atoms with Crippen LogP contribution in [0.2, 0.25) is 0 Å². The minimum absolute atomic E-state index is 0. The highest BCUT2D eigenvalue weighted by Gasteiger charge is 2.41. The zero-order chi connectivity index (χ0) is 13.2. The predicted molar refractivity (Wildman–Crippen MR) is 97.1 cm³/mol. The summed E-state index contributed by atoms with van der Waals surface area (Å²) in [5, 5.41) is 6.84. The van der Waals surface area contributed by atoms with E-state index in [4.69, 9.17) is 4.74 Å². The number of thiophene rings is 1. The van der Waals surface area contributed by atoms with Crippen molar-refractivity contribution in [1.82, 2.24) is 10.6 Å². The van der Waals surface area contributed by atoms with Crippen molar-refractivity contribution in [3.05, 3.63) is 20.8 Å². The second-order valence-electron chi connectivity index (χ2n) is 4.99. The Morgan fingerprint density at radius 1 is 1.50 bits per heavy atom. The van der Waals surface area contributed by atoms with Crippen molar-refractivity contribution >= 4 is 57.2 Å². The molecular formula is C13H19BrIN3OS. The number of ether oxygens (including phenoxy) is 1. The normalized spacial score (nSPS) is 28.3. The maximum absolute atomic E-state index is 5.85. The van der Waals surface area contributed by atoms with Crippen LogP contribution in [0, 0.1) is 0 Å². The molecular weight excluding hydrogens is 453 g/mol. The third-order valence-corrected chi connectivity index (χ3v) is 5.33. The van der Waals surface area contributed by atoms with Gasteiger partial charge in [-0.1, -0.05) is 0 Å². The Morgan fingerprint density at radius 3 is 2.90 bits per heavy atom. The molecule has 2 bridgehead atoms. The number of guanidine groups is 1. The van der Waals surface area contributed by atoms with Crippen LogP contribution in [0.1, 0.15) is 24.1 Å². The highest BCUT2D eigenvalue weighted by atomic mass is 127. The van der Waals surface area contributed by atoms with Gasteiger partial charge >= 0.3 is 0 Å². The number of rotatable bonds is 3. The Balaban J connectivity index is 0.00000147. The molecule has 20 heavy (non-hydrogen) atoms. The largest absolute Gasteiger partial charge is 0.373 e. The fourth-order valence-corrected chi connectivity index (χ4v) is 4.20. The Labute approximate surface area is 148 Å². The van der Waals surface area contributed by atoms with Crippen molar-refractivity contribution in [1.29, 1.82) is 0 Å². The number of halogens is 2. The molecule has 1 aromatic rings. The number of aliphatic imine (C=N–C) groups is 1. The lowest BCUT2D eigenvalue weighted by atomic mass is 9.96. The van der Waals surface area contributed by atoms with E-state index in [1.165, 1.54) is 17.7 Å². The Morgan fingerprint density at radius 2 is 2.35 bits per heavy atom. The van der Waals surface area contributed by atoms with Crippen LogP contribution < -0.4 is 10.6 Å². The van der Waals surface area contributed by atoms with Crippen molar-refractivity contribution in [3.8, 4) is 0 Å². The van der Waals surface area contributed by atoms with Crippen molar-refractivity contribution in [2.24, 2.45) is 4.99 Å². The van der Waals surface area contributed by atoms with Crippen LogP contribution in [0.25, 0.3) is 0 Å². The van der Waals surface area contributed by atoms with Crippen molar-refractivity contribution in [2.45, 2.75) is 44.1 Å². The molecule has 0 radical (unpaired) electrons. The Hall–Kier alpha value is 0.140. The molecule has 0 aliphatic carbocycles. The molecule has 1 aromatic heterocycles. The van der Waals surface area contributed by atoms with Gasteiger partial charge in [0.15, 0.2) is 5.96 Å². The lowest BCUT2D eigenvalue weighted by Gasteiger charge is -2.22. The fraction of sp³-hybridized carbons (Fsp3) is 0.615. The van der Waals surface area contributed by atoms with E-state index in [0.29, 0.717) is 18.2 Å². The summed E-state index contributed by atoms with van der Waals surface area (Å²) < 4.78 is 7.01. The third kappa shape index (κ3) is 3.86. The summed E-state index contributed by atoms with van der Waals surface area (Å²) in [5.74, 6) is 0.866. The van der Waals surface area contributed by atoms with Crippen molar-refractivity contribution in [3.63, 3.8) is 0 Å². The molecule has 0 amide bonds. The second-order valence-corrected chi connectivity index (χ2v) is 7.54. The van der Waals surface area contributed by atoms with Gasteiger partial charge in [0.2, 0.25) is 0 Å². The number of nitrogens with zero attached hydrogens (tertiary/aromatic N) is 1. The van der Waals surface area contributed by atoms with Gasteiger partial charge in [0.05, 0.1) is 28.6 Å². The molecule has 2 fully saturated rings. The summed E-state index contributed by atoms with van der Waals surface area (Å²) >= 11 is 5.22. The molecule has 4 nitrogen and oxygen atoms in total. The van der Waals surface area contributed by atoms with Crippen LogP contribution in [-0.4, -0.2) is 31.3 Å².